The molecule has 0 aromatic heterocycles. The van der Waals surface area contributed by atoms with Gasteiger partial charge in [0.2, 0.25) is 0 Å². The van der Waals surface area contributed by atoms with Crippen LogP contribution in [-0.4, -0.2) is 36.0 Å². The van der Waals surface area contributed by atoms with Gasteiger partial charge in [0, 0.05) is 26.1 Å². The van der Waals surface area contributed by atoms with Gasteiger partial charge < -0.3 is 19.8 Å². The Kier molecular flexibility index (Phi) is 36.6. The van der Waals surface area contributed by atoms with Crippen molar-refractivity contribution in [2.75, 3.05) is 13.2 Å². The van der Waals surface area contributed by atoms with E-state index in [1.807, 2.05) is 0 Å². The van der Waals surface area contributed by atoms with E-state index in [1.165, 1.54) is 231 Å². The highest BCUT2D eigenvalue weighted by molar-refractivity contribution is 5.49. The van der Waals surface area contributed by atoms with Gasteiger partial charge in [0.25, 0.3) is 0 Å². The first kappa shape index (κ1) is 53.3. The van der Waals surface area contributed by atoms with Crippen LogP contribution in [-0.2, 0) is 9.59 Å². The lowest BCUT2D eigenvalue weighted by molar-refractivity contribution is -0.108. The molecule has 2 atom stereocenters. The maximum atomic E-state index is 10.3. The van der Waals surface area contributed by atoms with Crippen LogP contribution in [0.4, 0.5) is 0 Å². The summed E-state index contributed by atoms with van der Waals surface area (Å²) in [6, 6.07) is 0. The zero-order chi connectivity index (χ0) is 40.7. The predicted octanol–water partition coefficient (Wildman–Crippen LogP) is 16.0. The summed E-state index contributed by atoms with van der Waals surface area (Å²) in [5.74, 6) is 1.90. The number of unbranched alkanes of at least 4 members (excludes halogenated alkanes) is 28. The Labute approximate surface area is 350 Å². The van der Waals surface area contributed by atoms with Crippen molar-refractivity contribution in [1.29, 1.82) is 0 Å². The summed E-state index contributed by atoms with van der Waals surface area (Å²) in [7, 11) is 0. The molecule has 0 saturated heterocycles. The maximum absolute atomic E-state index is 10.3. The molecule has 0 amide bonds. The number of hydrogen-bond donors (Lipinski definition) is 2. The van der Waals surface area contributed by atoms with Crippen LogP contribution in [0.1, 0.15) is 284 Å². The molecule has 0 radical (unpaired) electrons. The molecule has 2 aliphatic carbocycles. The van der Waals surface area contributed by atoms with Gasteiger partial charge in [-0.1, -0.05) is 194 Å². The number of carbonyl (C=O) groups excluding carboxylic acids is 2. The summed E-state index contributed by atoms with van der Waals surface area (Å²) in [5, 5.41) is 17.6. The third-order valence-corrected chi connectivity index (χ3v) is 14.2. The molecule has 56 heavy (non-hydrogen) atoms. The van der Waals surface area contributed by atoms with E-state index in [9.17, 15) is 9.59 Å². The van der Waals surface area contributed by atoms with Crippen molar-refractivity contribution >= 4 is 12.6 Å². The summed E-state index contributed by atoms with van der Waals surface area (Å²) in [5.41, 5.74) is 1.37. The van der Waals surface area contributed by atoms with E-state index >= 15 is 0 Å². The zero-order valence-corrected chi connectivity index (χ0v) is 38.1. The van der Waals surface area contributed by atoms with Crippen LogP contribution in [0.3, 0.4) is 0 Å². The molecule has 0 bridgehead atoms. The minimum absolute atomic E-state index is 0.366. The van der Waals surface area contributed by atoms with Crippen molar-refractivity contribution in [2.24, 2.45) is 22.7 Å². The van der Waals surface area contributed by atoms with Crippen molar-refractivity contribution < 1.29 is 19.8 Å². The Bertz CT molecular complexity index is 793. The van der Waals surface area contributed by atoms with E-state index in [2.05, 4.69) is 13.8 Å². The van der Waals surface area contributed by atoms with Gasteiger partial charge in [-0.3, -0.25) is 0 Å². The lowest BCUT2D eigenvalue weighted by Crippen LogP contribution is -2.17. The minimum atomic E-state index is 0.366. The first-order valence-electron chi connectivity index (χ1n) is 25.5. The van der Waals surface area contributed by atoms with E-state index in [4.69, 9.17) is 10.2 Å². The number of aldehydes is 2. The van der Waals surface area contributed by atoms with Crippen LogP contribution in [0.25, 0.3) is 0 Å². The van der Waals surface area contributed by atoms with E-state index in [0.717, 1.165) is 62.9 Å². The number of aliphatic hydroxyl groups is 2. The Morgan fingerprint density at radius 3 is 0.821 bits per heavy atom. The summed E-state index contributed by atoms with van der Waals surface area (Å²) in [6.45, 7) is 5.66. The third kappa shape index (κ3) is 30.3. The topological polar surface area (TPSA) is 74.6 Å². The molecule has 2 rings (SSSR count). The smallest absolute Gasteiger partial charge is 0.119 e. The summed E-state index contributed by atoms with van der Waals surface area (Å²) >= 11 is 0. The number of rotatable bonds is 40. The van der Waals surface area contributed by atoms with Gasteiger partial charge in [0.1, 0.15) is 12.6 Å². The second kappa shape index (κ2) is 38.5. The predicted molar refractivity (Wildman–Crippen MR) is 243 cm³/mol. The van der Waals surface area contributed by atoms with Crippen LogP contribution in [0, 0.1) is 22.7 Å². The normalized spacial score (nSPS) is 18.6. The molecule has 2 fully saturated rings. The van der Waals surface area contributed by atoms with E-state index in [0.29, 0.717) is 24.0 Å². The summed E-state index contributed by atoms with van der Waals surface area (Å²) < 4.78 is 0. The molecule has 4 nitrogen and oxygen atoms in total. The molecule has 0 aromatic rings. The largest absolute Gasteiger partial charge is 0.396 e. The lowest BCUT2D eigenvalue weighted by Gasteiger charge is -2.30. The first-order chi connectivity index (χ1) is 27.4. The van der Waals surface area contributed by atoms with Crippen LogP contribution >= 0.6 is 0 Å². The number of hydrogen-bond acceptors (Lipinski definition) is 4. The average Bonchev–Trinajstić information content (AvgIpc) is 3.76. The fourth-order valence-electron chi connectivity index (χ4n) is 10.7. The van der Waals surface area contributed by atoms with E-state index < -0.39 is 0 Å². The Hall–Kier alpha value is -0.740. The van der Waals surface area contributed by atoms with Gasteiger partial charge in [-0.05, 0) is 99.7 Å². The number of aliphatic hydroxyl groups excluding tert-OH is 2. The average molecular weight is 789 g/mol. The SMILES string of the molecule is CC1CCC(CCCCCCCCCC=O)(CCCCCCCCCC=O)C1.CC1CCC(CCCCCCCCCCO)(CCCCCCCCCCO)C1. The Balaban J connectivity index is 0.000000560. The van der Waals surface area contributed by atoms with Crippen LogP contribution in [0.15, 0.2) is 0 Å². The highest BCUT2D eigenvalue weighted by Gasteiger charge is 2.37. The van der Waals surface area contributed by atoms with Gasteiger partial charge in [0.05, 0.1) is 0 Å². The standard InChI is InChI=1S/C26H52O2.C26H48O2/c2*1-25-18-21-26(24-25,19-14-10-6-2-4-8-12-16-22-27)20-15-11-7-3-5-9-13-17-23-28/h25,27-28H,2-24H2,1H3;22-23,25H,2-21,24H2,1H3. The third-order valence-electron chi connectivity index (χ3n) is 14.2. The van der Waals surface area contributed by atoms with E-state index in [1.54, 1.807) is 0 Å². The zero-order valence-electron chi connectivity index (χ0n) is 38.1. The van der Waals surface area contributed by atoms with Crippen LogP contribution < -0.4 is 0 Å². The Morgan fingerprint density at radius 1 is 0.375 bits per heavy atom. The minimum Gasteiger partial charge on any atom is -0.396 e. The van der Waals surface area contributed by atoms with Crippen molar-refractivity contribution in [2.45, 2.75) is 284 Å². The molecular weight excluding hydrogens is 689 g/mol. The Morgan fingerprint density at radius 2 is 0.607 bits per heavy atom. The molecule has 0 spiro atoms. The summed E-state index contributed by atoms with van der Waals surface area (Å²) in [6.07, 6.45) is 57.9. The molecule has 2 unspecified atom stereocenters. The quantitative estimate of drug-likeness (QED) is 0.0479. The fourth-order valence-corrected chi connectivity index (χ4v) is 10.7. The molecule has 332 valence electrons. The fraction of sp³-hybridized carbons (Fsp3) is 0.962. The second-order valence-corrected chi connectivity index (χ2v) is 19.7. The molecule has 2 saturated carbocycles. The summed E-state index contributed by atoms with van der Waals surface area (Å²) in [4.78, 5) is 20.6. The maximum Gasteiger partial charge on any atom is 0.119 e. The van der Waals surface area contributed by atoms with E-state index in [-0.39, 0.29) is 0 Å². The molecule has 0 aromatic carbocycles. The highest BCUT2D eigenvalue weighted by Crippen LogP contribution is 2.50. The van der Waals surface area contributed by atoms with Crippen molar-refractivity contribution in [3.63, 3.8) is 0 Å². The van der Waals surface area contributed by atoms with Crippen molar-refractivity contribution in [3.05, 3.63) is 0 Å². The van der Waals surface area contributed by atoms with Gasteiger partial charge in [-0.25, -0.2) is 0 Å². The molecule has 2 N–H and O–H groups in total. The van der Waals surface area contributed by atoms with Crippen LogP contribution in [0.5, 0.6) is 0 Å². The lowest BCUT2D eigenvalue weighted by atomic mass is 9.76. The second-order valence-electron chi connectivity index (χ2n) is 19.7. The monoisotopic (exact) mass is 789 g/mol. The van der Waals surface area contributed by atoms with Gasteiger partial charge >= 0.3 is 0 Å². The molecule has 0 aliphatic heterocycles. The van der Waals surface area contributed by atoms with Gasteiger partial charge in [0.15, 0.2) is 0 Å². The van der Waals surface area contributed by atoms with Gasteiger partial charge in [-0.2, -0.15) is 0 Å². The molecule has 0 heterocycles. The van der Waals surface area contributed by atoms with Crippen LogP contribution in [0.2, 0.25) is 0 Å². The van der Waals surface area contributed by atoms with Crippen molar-refractivity contribution in [3.8, 4) is 0 Å². The molecular formula is C52H100O4. The molecule has 4 heteroatoms. The van der Waals surface area contributed by atoms with Crippen molar-refractivity contribution in [1.82, 2.24) is 0 Å². The number of carbonyl (C=O) groups is 2. The first-order valence-corrected chi connectivity index (χ1v) is 25.5. The highest BCUT2D eigenvalue weighted by atomic mass is 16.3. The molecule has 2 aliphatic rings. The van der Waals surface area contributed by atoms with Gasteiger partial charge in [-0.15, -0.1) is 0 Å².